The third-order valence-electron chi connectivity index (χ3n) is 4.10. The van der Waals surface area contributed by atoms with Gasteiger partial charge >= 0.3 is 0 Å². The van der Waals surface area contributed by atoms with Gasteiger partial charge in [-0.1, -0.05) is 0 Å². The predicted molar refractivity (Wildman–Crippen MR) is 82.9 cm³/mol. The Morgan fingerprint density at radius 3 is 2.64 bits per heavy atom. The van der Waals surface area contributed by atoms with E-state index in [9.17, 15) is 4.79 Å². The van der Waals surface area contributed by atoms with Crippen LogP contribution in [0, 0.1) is 0 Å². The maximum atomic E-state index is 12.1. The van der Waals surface area contributed by atoms with E-state index in [4.69, 9.17) is 9.47 Å². The number of hydrogen-bond donors (Lipinski definition) is 1. The highest BCUT2D eigenvalue weighted by molar-refractivity contribution is 5.93. The number of aromatic nitrogens is 1. The summed E-state index contributed by atoms with van der Waals surface area (Å²) in [6.07, 6.45) is 3.39. The molecule has 0 bridgehead atoms. The van der Waals surface area contributed by atoms with Crippen molar-refractivity contribution in [3.63, 3.8) is 0 Å². The summed E-state index contributed by atoms with van der Waals surface area (Å²) >= 11 is 0. The zero-order chi connectivity index (χ0) is 15.6. The van der Waals surface area contributed by atoms with E-state index < -0.39 is 0 Å². The minimum atomic E-state index is -0.374. The fourth-order valence-electron chi connectivity index (χ4n) is 2.97. The third kappa shape index (κ3) is 3.23. The molecule has 0 atom stereocenters. The molecule has 0 aliphatic carbocycles. The second-order valence-corrected chi connectivity index (χ2v) is 6.12. The smallest absolute Gasteiger partial charge is 0.270 e. The summed E-state index contributed by atoms with van der Waals surface area (Å²) in [6.45, 7) is 6.97. The number of nitrogens with one attached hydrogen (secondary N) is 1. The molecule has 0 saturated carbocycles. The van der Waals surface area contributed by atoms with Crippen LogP contribution in [0.1, 0.15) is 37.2 Å². The van der Waals surface area contributed by atoms with Crippen molar-refractivity contribution in [2.24, 2.45) is 0 Å². The van der Waals surface area contributed by atoms with E-state index in [1.807, 2.05) is 26.0 Å². The van der Waals surface area contributed by atoms with Crippen molar-refractivity contribution >= 4 is 11.6 Å². The highest BCUT2D eigenvalue weighted by Gasteiger charge is 2.39. The lowest BCUT2D eigenvalue weighted by Crippen LogP contribution is -2.45. The van der Waals surface area contributed by atoms with E-state index in [1.54, 1.807) is 6.20 Å². The molecule has 6 heteroatoms. The Kier molecular flexibility index (Phi) is 4.31. The van der Waals surface area contributed by atoms with Gasteiger partial charge in [-0.3, -0.25) is 9.78 Å². The van der Waals surface area contributed by atoms with Crippen LogP contribution in [0.3, 0.4) is 0 Å². The predicted octanol–water partition coefficient (Wildman–Crippen LogP) is 1.56. The number of carbonyl (C=O) groups is 1. The average Bonchev–Trinajstić information content (AvgIpc) is 2.96. The normalized spacial score (nSPS) is 20.6. The van der Waals surface area contributed by atoms with Gasteiger partial charge in [0.2, 0.25) is 0 Å². The van der Waals surface area contributed by atoms with Crippen molar-refractivity contribution in [1.82, 2.24) is 10.3 Å². The molecular weight excluding hydrogens is 282 g/mol. The van der Waals surface area contributed by atoms with Crippen LogP contribution in [0.25, 0.3) is 0 Å². The van der Waals surface area contributed by atoms with Gasteiger partial charge in [0, 0.05) is 43.9 Å². The lowest BCUT2D eigenvalue weighted by atomic mass is 10.0. The summed E-state index contributed by atoms with van der Waals surface area (Å²) in [5, 5.41) is 2.87. The Hall–Kier alpha value is -1.66. The minimum absolute atomic E-state index is 0.101. The Bertz CT molecular complexity index is 531. The lowest BCUT2D eigenvalue weighted by Gasteiger charge is -2.38. The molecule has 1 aromatic rings. The number of piperidine rings is 1. The number of rotatable bonds is 3. The monoisotopic (exact) mass is 305 g/mol. The molecule has 0 radical (unpaired) electrons. The van der Waals surface area contributed by atoms with Crippen molar-refractivity contribution in [2.45, 2.75) is 38.5 Å². The first-order valence-corrected chi connectivity index (χ1v) is 7.88. The molecule has 1 spiro atoms. The van der Waals surface area contributed by atoms with Crippen LogP contribution in [-0.2, 0) is 9.47 Å². The molecule has 1 amide bonds. The van der Waals surface area contributed by atoms with Gasteiger partial charge in [-0.25, -0.2) is 0 Å². The van der Waals surface area contributed by atoms with Gasteiger partial charge in [0.05, 0.1) is 13.2 Å². The van der Waals surface area contributed by atoms with Crippen molar-refractivity contribution in [2.75, 3.05) is 31.2 Å². The topological polar surface area (TPSA) is 63.7 Å². The van der Waals surface area contributed by atoms with Crippen LogP contribution in [0.15, 0.2) is 18.3 Å². The standard InChI is InChI=1S/C16H23N3O3/c1-12(2)18-15(20)14-11-13(3-6-17-14)19-7-4-16(5-8-19)21-9-10-22-16/h3,6,11-12H,4-5,7-10H2,1-2H3,(H,18,20). The van der Waals surface area contributed by atoms with Crippen LogP contribution < -0.4 is 10.2 Å². The van der Waals surface area contributed by atoms with Crippen molar-refractivity contribution < 1.29 is 14.3 Å². The summed E-state index contributed by atoms with van der Waals surface area (Å²) in [4.78, 5) is 18.5. The van der Waals surface area contributed by atoms with Crippen molar-refractivity contribution in [3.05, 3.63) is 24.0 Å². The Morgan fingerprint density at radius 2 is 2.00 bits per heavy atom. The fraction of sp³-hybridized carbons (Fsp3) is 0.625. The number of nitrogens with zero attached hydrogens (tertiary/aromatic N) is 2. The summed E-state index contributed by atoms with van der Waals surface area (Å²) in [6, 6.07) is 3.90. The van der Waals surface area contributed by atoms with Gasteiger partial charge in [-0.2, -0.15) is 0 Å². The molecule has 2 fully saturated rings. The van der Waals surface area contributed by atoms with Gasteiger partial charge in [-0.05, 0) is 26.0 Å². The molecule has 2 aliphatic rings. The average molecular weight is 305 g/mol. The molecule has 2 aliphatic heterocycles. The zero-order valence-corrected chi connectivity index (χ0v) is 13.2. The van der Waals surface area contributed by atoms with Crippen LogP contribution >= 0.6 is 0 Å². The highest BCUT2D eigenvalue weighted by Crippen LogP contribution is 2.33. The van der Waals surface area contributed by atoms with E-state index in [0.717, 1.165) is 31.6 Å². The van der Waals surface area contributed by atoms with Crippen molar-refractivity contribution in [1.29, 1.82) is 0 Å². The molecule has 3 rings (SSSR count). The summed E-state index contributed by atoms with van der Waals surface area (Å²) in [5.41, 5.74) is 1.48. The van der Waals surface area contributed by atoms with Crippen molar-refractivity contribution in [3.8, 4) is 0 Å². The molecular formula is C16H23N3O3. The Morgan fingerprint density at radius 1 is 1.32 bits per heavy atom. The molecule has 2 saturated heterocycles. The van der Waals surface area contributed by atoms with E-state index in [-0.39, 0.29) is 17.7 Å². The Balaban J connectivity index is 1.67. The lowest BCUT2D eigenvalue weighted by molar-refractivity contribution is -0.169. The molecule has 0 unspecified atom stereocenters. The molecule has 0 aromatic carbocycles. The maximum absolute atomic E-state index is 12.1. The third-order valence-corrected chi connectivity index (χ3v) is 4.10. The van der Waals surface area contributed by atoms with Crippen LogP contribution in [0.5, 0.6) is 0 Å². The molecule has 1 aromatic heterocycles. The second kappa shape index (κ2) is 6.22. The van der Waals surface area contributed by atoms with Gasteiger partial charge in [0.1, 0.15) is 5.69 Å². The molecule has 1 N–H and O–H groups in total. The Labute approximate surface area is 130 Å². The SMILES string of the molecule is CC(C)NC(=O)c1cc(N2CCC3(CC2)OCCO3)ccn1. The summed E-state index contributed by atoms with van der Waals surface area (Å²) < 4.78 is 11.5. The van der Waals surface area contributed by atoms with Crippen LogP contribution in [-0.4, -0.2) is 49.0 Å². The number of pyridine rings is 1. The first kappa shape index (κ1) is 15.2. The largest absolute Gasteiger partial charge is 0.371 e. The number of anilines is 1. The number of carbonyl (C=O) groups excluding carboxylic acids is 1. The number of amides is 1. The van der Waals surface area contributed by atoms with Gasteiger partial charge < -0.3 is 19.7 Å². The van der Waals surface area contributed by atoms with Gasteiger partial charge in [0.25, 0.3) is 5.91 Å². The number of ether oxygens (including phenoxy) is 2. The van der Waals surface area contributed by atoms with Crippen LogP contribution in [0.4, 0.5) is 5.69 Å². The maximum Gasteiger partial charge on any atom is 0.270 e. The van der Waals surface area contributed by atoms with E-state index in [2.05, 4.69) is 15.2 Å². The summed E-state index contributed by atoms with van der Waals surface area (Å²) in [7, 11) is 0. The quantitative estimate of drug-likeness (QED) is 0.918. The van der Waals surface area contributed by atoms with E-state index in [1.165, 1.54) is 0 Å². The summed E-state index contributed by atoms with van der Waals surface area (Å²) in [5.74, 6) is -0.505. The van der Waals surface area contributed by atoms with E-state index >= 15 is 0 Å². The molecule has 3 heterocycles. The second-order valence-electron chi connectivity index (χ2n) is 6.12. The number of hydrogen-bond acceptors (Lipinski definition) is 5. The van der Waals surface area contributed by atoms with E-state index in [0.29, 0.717) is 18.9 Å². The first-order valence-electron chi connectivity index (χ1n) is 7.88. The molecule has 120 valence electrons. The fourth-order valence-corrected chi connectivity index (χ4v) is 2.97. The van der Waals surface area contributed by atoms with Crippen LogP contribution in [0.2, 0.25) is 0 Å². The minimum Gasteiger partial charge on any atom is -0.371 e. The molecule has 22 heavy (non-hydrogen) atoms. The first-order chi connectivity index (χ1) is 10.6. The highest BCUT2D eigenvalue weighted by atomic mass is 16.7. The van der Waals surface area contributed by atoms with Gasteiger partial charge in [0.15, 0.2) is 5.79 Å². The van der Waals surface area contributed by atoms with Gasteiger partial charge in [-0.15, -0.1) is 0 Å². The molecule has 6 nitrogen and oxygen atoms in total. The zero-order valence-electron chi connectivity index (χ0n) is 13.2.